The number of carbonyl (C=O) groups excluding carboxylic acids is 2. The smallest absolute Gasteiger partial charge is 0.240 e. The average Bonchev–Trinajstić information content (AvgIpc) is 2.86. The van der Waals surface area contributed by atoms with Crippen LogP contribution in [0.4, 0.5) is 0 Å². The molecule has 1 aromatic carbocycles. The van der Waals surface area contributed by atoms with Crippen LogP contribution in [0.5, 0.6) is 0 Å². The first-order valence-corrected chi connectivity index (χ1v) is 6.15. The molecule has 1 radical (unpaired) electrons. The van der Waals surface area contributed by atoms with E-state index in [1.165, 1.54) is 0 Å². The van der Waals surface area contributed by atoms with Gasteiger partial charge >= 0.3 is 0 Å². The highest BCUT2D eigenvalue weighted by Crippen LogP contribution is 2.18. The quantitative estimate of drug-likeness (QED) is 0.857. The monoisotopic (exact) mass is 245 g/mol. The maximum absolute atomic E-state index is 12.0. The molecule has 2 amide bonds. The summed E-state index contributed by atoms with van der Waals surface area (Å²) in [5.41, 5.74) is 6.37. The number of carbonyl (C=O) groups is 2. The van der Waals surface area contributed by atoms with Gasteiger partial charge in [-0.25, -0.2) is 0 Å². The van der Waals surface area contributed by atoms with Crippen LogP contribution in [-0.4, -0.2) is 29.3 Å². The van der Waals surface area contributed by atoms with Crippen molar-refractivity contribution in [2.45, 2.75) is 25.3 Å². The molecule has 2 N–H and O–H groups in total. The fourth-order valence-electron chi connectivity index (χ4n) is 2.26. The van der Waals surface area contributed by atoms with Crippen LogP contribution >= 0.6 is 0 Å². The molecule has 18 heavy (non-hydrogen) atoms. The third kappa shape index (κ3) is 2.88. The van der Waals surface area contributed by atoms with E-state index >= 15 is 0 Å². The Labute approximate surface area is 107 Å². The van der Waals surface area contributed by atoms with Gasteiger partial charge in [0.1, 0.15) is 6.04 Å². The minimum Gasteiger partial charge on any atom is -0.368 e. The second-order valence-corrected chi connectivity index (χ2v) is 4.49. The lowest BCUT2D eigenvalue weighted by Gasteiger charge is -2.21. The maximum atomic E-state index is 12.0. The molecular weight excluding hydrogens is 228 g/mol. The standard InChI is InChI=1S/C14H17N2O2/c15-14(18)12-7-4-10-16(12)13(17)9-8-11-5-2-1-3-6-11/h1-3,5-6,9,12H,4,7-8,10H2,(H2,15,18). The number of primary amides is 1. The van der Waals surface area contributed by atoms with E-state index in [4.69, 9.17) is 5.73 Å². The first-order chi connectivity index (χ1) is 8.68. The molecule has 95 valence electrons. The minimum atomic E-state index is -0.426. The summed E-state index contributed by atoms with van der Waals surface area (Å²) in [5.74, 6) is -0.505. The van der Waals surface area contributed by atoms with E-state index in [1.54, 1.807) is 11.3 Å². The molecule has 1 unspecified atom stereocenters. The molecule has 0 aliphatic carbocycles. The van der Waals surface area contributed by atoms with Gasteiger partial charge in [0.2, 0.25) is 11.8 Å². The lowest BCUT2D eigenvalue weighted by atomic mass is 10.1. The highest BCUT2D eigenvalue weighted by Gasteiger charge is 2.32. The van der Waals surface area contributed by atoms with Crippen LogP contribution < -0.4 is 5.73 Å². The molecule has 1 atom stereocenters. The Morgan fingerprint density at radius 2 is 2.06 bits per heavy atom. The molecule has 1 heterocycles. The predicted molar refractivity (Wildman–Crippen MR) is 68.4 cm³/mol. The van der Waals surface area contributed by atoms with Gasteiger partial charge in [0.15, 0.2) is 0 Å². The fourth-order valence-corrected chi connectivity index (χ4v) is 2.26. The van der Waals surface area contributed by atoms with Gasteiger partial charge < -0.3 is 10.6 Å². The number of benzene rings is 1. The maximum Gasteiger partial charge on any atom is 0.240 e. The van der Waals surface area contributed by atoms with E-state index in [-0.39, 0.29) is 5.91 Å². The van der Waals surface area contributed by atoms with Crippen molar-refractivity contribution in [3.63, 3.8) is 0 Å². The number of likely N-dealkylation sites (tertiary alicyclic amines) is 1. The van der Waals surface area contributed by atoms with Crippen molar-refractivity contribution in [1.29, 1.82) is 0 Å². The zero-order chi connectivity index (χ0) is 13.0. The van der Waals surface area contributed by atoms with Gasteiger partial charge in [-0.3, -0.25) is 9.59 Å². The van der Waals surface area contributed by atoms with Gasteiger partial charge in [-0.05, 0) is 24.8 Å². The summed E-state index contributed by atoms with van der Waals surface area (Å²) >= 11 is 0. The topological polar surface area (TPSA) is 63.4 Å². The number of amides is 2. The molecule has 1 fully saturated rings. The van der Waals surface area contributed by atoms with Crippen molar-refractivity contribution >= 4 is 11.8 Å². The first-order valence-electron chi connectivity index (χ1n) is 6.15. The SMILES string of the molecule is NC(=O)C1CCCN1C(=O)[CH]Cc1ccccc1. The van der Waals surface area contributed by atoms with Crippen LogP contribution in [0.1, 0.15) is 18.4 Å². The summed E-state index contributed by atoms with van der Waals surface area (Å²) < 4.78 is 0. The van der Waals surface area contributed by atoms with Crippen LogP contribution in [0.2, 0.25) is 0 Å². The third-order valence-corrected chi connectivity index (χ3v) is 3.22. The Hall–Kier alpha value is -1.84. The number of hydrogen-bond donors (Lipinski definition) is 1. The van der Waals surface area contributed by atoms with E-state index in [1.807, 2.05) is 30.3 Å². The van der Waals surface area contributed by atoms with Crippen molar-refractivity contribution in [3.8, 4) is 0 Å². The number of nitrogens with zero attached hydrogens (tertiary/aromatic N) is 1. The van der Waals surface area contributed by atoms with E-state index in [0.717, 1.165) is 12.0 Å². The largest absolute Gasteiger partial charge is 0.368 e. The van der Waals surface area contributed by atoms with Gasteiger partial charge in [-0.15, -0.1) is 0 Å². The average molecular weight is 245 g/mol. The fraction of sp³-hybridized carbons (Fsp3) is 0.357. The molecule has 1 saturated heterocycles. The molecule has 4 nitrogen and oxygen atoms in total. The zero-order valence-corrected chi connectivity index (χ0v) is 10.2. The molecule has 0 aromatic heterocycles. The number of hydrogen-bond acceptors (Lipinski definition) is 2. The highest BCUT2D eigenvalue weighted by molar-refractivity contribution is 5.91. The molecule has 2 rings (SSSR count). The summed E-state index contributed by atoms with van der Waals surface area (Å²) in [6.45, 7) is 0.623. The van der Waals surface area contributed by atoms with Crippen molar-refractivity contribution in [2.24, 2.45) is 5.73 Å². The summed E-state index contributed by atoms with van der Waals surface area (Å²) in [6, 6.07) is 9.34. The Morgan fingerprint density at radius 1 is 1.33 bits per heavy atom. The second-order valence-electron chi connectivity index (χ2n) is 4.49. The highest BCUT2D eigenvalue weighted by atomic mass is 16.2. The van der Waals surface area contributed by atoms with Crippen LogP contribution in [0.15, 0.2) is 30.3 Å². The second kappa shape index (κ2) is 5.67. The molecule has 1 aliphatic heterocycles. The molecule has 0 saturated carbocycles. The molecular formula is C14H17N2O2. The normalized spacial score (nSPS) is 18.9. The summed E-state index contributed by atoms with van der Waals surface area (Å²) in [6.07, 6.45) is 3.73. The Kier molecular flexibility index (Phi) is 3.97. The third-order valence-electron chi connectivity index (χ3n) is 3.22. The number of nitrogens with two attached hydrogens (primary N) is 1. The van der Waals surface area contributed by atoms with Crippen molar-refractivity contribution in [2.75, 3.05) is 6.54 Å². The Morgan fingerprint density at radius 3 is 2.72 bits per heavy atom. The molecule has 0 spiro atoms. The Balaban J connectivity index is 1.90. The van der Waals surface area contributed by atoms with Gasteiger partial charge in [0.05, 0.1) is 6.42 Å². The van der Waals surface area contributed by atoms with Crippen molar-refractivity contribution in [1.82, 2.24) is 4.90 Å². The van der Waals surface area contributed by atoms with Crippen LogP contribution in [0.3, 0.4) is 0 Å². The summed E-state index contributed by atoms with van der Waals surface area (Å²) in [5, 5.41) is 0. The van der Waals surface area contributed by atoms with Crippen molar-refractivity contribution in [3.05, 3.63) is 42.3 Å². The Bertz CT molecular complexity index is 431. The summed E-state index contributed by atoms with van der Waals surface area (Å²) in [4.78, 5) is 24.8. The van der Waals surface area contributed by atoms with E-state index in [9.17, 15) is 9.59 Å². The predicted octanol–water partition coefficient (Wildman–Crippen LogP) is 0.910. The molecule has 1 aliphatic rings. The van der Waals surface area contributed by atoms with Crippen LogP contribution in [0, 0.1) is 6.42 Å². The first kappa shape index (κ1) is 12.6. The van der Waals surface area contributed by atoms with Gasteiger partial charge in [0.25, 0.3) is 0 Å². The van der Waals surface area contributed by atoms with Crippen LogP contribution in [0.25, 0.3) is 0 Å². The van der Waals surface area contributed by atoms with Gasteiger partial charge in [-0.2, -0.15) is 0 Å². The lowest BCUT2D eigenvalue weighted by molar-refractivity contribution is -0.134. The lowest BCUT2D eigenvalue weighted by Crippen LogP contribution is -2.43. The molecule has 0 bridgehead atoms. The van der Waals surface area contributed by atoms with Gasteiger partial charge in [-0.1, -0.05) is 30.3 Å². The van der Waals surface area contributed by atoms with E-state index in [0.29, 0.717) is 19.4 Å². The molecule has 1 aromatic rings. The van der Waals surface area contributed by atoms with Crippen molar-refractivity contribution < 1.29 is 9.59 Å². The molecule has 4 heteroatoms. The minimum absolute atomic E-state index is 0.0971. The number of rotatable bonds is 4. The summed E-state index contributed by atoms with van der Waals surface area (Å²) in [7, 11) is 0. The van der Waals surface area contributed by atoms with E-state index < -0.39 is 11.9 Å². The van der Waals surface area contributed by atoms with Crippen LogP contribution in [-0.2, 0) is 16.0 Å². The van der Waals surface area contributed by atoms with E-state index in [2.05, 4.69) is 0 Å². The van der Waals surface area contributed by atoms with Gasteiger partial charge in [0, 0.05) is 6.54 Å². The zero-order valence-electron chi connectivity index (χ0n) is 10.2.